The molecule has 0 aliphatic heterocycles. The van der Waals surface area contributed by atoms with Gasteiger partial charge in [0.25, 0.3) is 17.2 Å². The summed E-state index contributed by atoms with van der Waals surface area (Å²) in [6, 6.07) is 15.8. The van der Waals surface area contributed by atoms with Gasteiger partial charge in [-0.3, -0.25) is 19.7 Å². The van der Waals surface area contributed by atoms with E-state index in [1.807, 2.05) is 0 Å². The zero-order valence-electron chi connectivity index (χ0n) is 15.0. The van der Waals surface area contributed by atoms with Crippen molar-refractivity contribution in [1.82, 2.24) is 4.57 Å². The predicted molar refractivity (Wildman–Crippen MR) is 104 cm³/mol. The maximum atomic E-state index is 12.7. The van der Waals surface area contributed by atoms with Crippen LogP contribution in [0, 0.1) is 10.1 Å². The topological polar surface area (TPSA) is 103 Å². The lowest BCUT2D eigenvalue weighted by atomic mass is 10.2. The van der Waals surface area contributed by atoms with E-state index in [4.69, 9.17) is 4.74 Å². The normalized spacial score (nSPS) is 10.3. The number of rotatable bonds is 6. The molecule has 0 aliphatic carbocycles. The van der Waals surface area contributed by atoms with Crippen molar-refractivity contribution in [3.8, 4) is 5.75 Å². The van der Waals surface area contributed by atoms with E-state index in [1.165, 1.54) is 29.0 Å². The lowest BCUT2D eigenvalue weighted by molar-refractivity contribution is -0.384. The van der Waals surface area contributed by atoms with Gasteiger partial charge in [0.2, 0.25) is 0 Å². The van der Waals surface area contributed by atoms with Gasteiger partial charge in [0.1, 0.15) is 11.3 Å². The molecule has 8 heteroatoms. The van der Waals surface area contributed by atoms with Gasteiger partial charge >= 0.3 is 0 Å². The minimum Gasteiger partial charge on any atom is -0.497 e. The second-order valence-corrected chi connectivity index (χ2v) is 5.96. The summed E-state index contributed by atoms with van der Waals surface area (Å²) in [6.45, 7) is 0.115. The van der Waals surface area contributed by atoms with Crippen LogP contribution in [0.3, 0.4) is 0 Å². The van der Waals surface area contributed by atoms with E-state index in [0.29, 0.717) is 17.0 Å². The smallest absolute Gasteiger partial charge is 0.269 e. The summed E-state index contributed by atoms with van der Waals surface area (Å²) in [5.74, 6) is 0.112. The molecule has 28 heavy (non-hydrogen) atoms. The van der Waals surface area contributed by atoms with Gasteiger partial charge in [0.05, 0.1) is 18.6 Å². The third-order valence-electron chi connectivity index (χ3n) is 4.09. The highest BCUT2D eigenvalue weighted by Gasteiger charge is 2.13. The van der Waals surface area contributed by atoms with E-state index in [-0.39, 0.29) is 17.8 Å². The molecule has 0 fully saturated rings. The highest BCUT2D eigenvalue weighted by molar-refractivity contribution is 6.04. The highest BCUT2D eigenvalue weighted by Crippen LogP contribution is 2.16. The van der Waals surface area contributed by atoms with Crippen LogP contribution in [0.25, 0.3) is 0 Å². The number of methoxy groups -OCH3 is 1. The maximum absolute atomic E-state index is 12.7. The molecule has 0 saturated heterocycles. The summed E-state index contributed by atoms with van der Waals surface area (Å²) in [6.07, 6.45) is 1.53. The molecule has 0 aliphatic rings. The van der Waals surface area contributed by atoms with Crippen LogP contribution in [-0.2, 0) is 6.54 Å². The van der Waals surface area contributed by atoms with Crippen molar-refractivity contribution < 1.29 is 14.5 Å². The second-order valence-electron chi connectivity index (χ2n) is 5.96. The molecule has 142 valence electrons. The Hall–Kier alpha value is -3.94. The number of carbonyl (C=O) groups is 1. The molecule has 3 aromatic rings. The van der Waals surface area contributed by atoms with Crippen molar-refractivity contribution in [3.05, 3.63) is 98.5 Å². The first kappa shape index (κ1) is 18.8. The summed E-state index contributed by atoms with van der Waals surface area (Å²) in [5, 5.41) is 13.6. The highest BCUT2D eigenvalue weighted by atomic mass is 16.6. The van der Waals surface area contributed by atoms with Crippen molar-refractivity contribution in [2.75, 3.05) is 12.4 Å². The van der Waals surface area contributed by atoms with Crippen LogP contribution in [0.15, 0.2) is 71.7 Å². The number of pyridine rings is 1. The quantitative estimate of drug-likeness (QED) is 0.524. The second kappa shape index (κ2) is 8.17. The number of amides is 1. The third kappa shape index (κ3) is 4.24. The van der Waals surface area contributed by atoms with Crippen molar-refractivity contribution in [1.29, 1.82) is 0 Å². The molecule has 1 N–H and O–H groups in total. The van der Waals surface area contributed by atoms with E-state index in [9.17, 15) is 19.7 Å². The van der Waals surface area contributed by atoms with Gasteiger partial charge in [0.15, 0.2) is 0 Å². The Morgan fingerprint density at radius 2 is 1.89 bits per heavy atom. The first-order chi connectivity index (χ1) is 13.5. The van der Waals surface area contributed by atoms with Gasteiger partial charge < -0.3 is 14.6 Å². The number of nitrogens with one attached hydrogen (secondary N) is 1. The number of benzene rings is 2. The van der Waals surface area contributed by atoms with E-state index in [1.54, 1.807) is 49.6 Å². The Kier molecular flexibility index (Phi) is 5.50. The average Bonchev–Trinajstić information content (AvgIpc) is 2.70. The van der Waals surface area contributed by atoms with Crippen molar-refractivity contribution in [2.45, 2.75) is 6.54 Å². The van der Waals surface area contributed by atoms with Crippen LogP contribution < -0.4 is 15.6 Å². The van der Waals surface area contributed by atoms with Crippen LogP contribution >= 0.6 is 0 Å². The molecular weight excluding hydrogens is 362 g/mol. The van der Waals surface area contributed by atoms with E-state index in [2.05, 4.69) is 5.32 Å². The SMILES string of the molecule is COc1ccc(NC(=O)c2cccn(Cc3cccc([N+](=O)[O-])c3)c2=O)cc1. The summed E-state index contributed by atoms with van der Waals surface area (Å²) in [7, 11) is 1.54. The molecule has 0 atom stereocenters. The lowest BCUT2D eigenvalue weighted by Crippen LogP contribution is -2.29. The molecule has 0 radical (unpaired) electrons. The Morgan fingerprint density at radius 3 is 2.57 bits per heavy atom. The largest absolute Gasteiger partial charge is 0.497 e. The number of non-ortho nitro benzene ring substituents is 1. The van der Waals surface area contributed by atoms with Gasteiger partial charge in [-0.15, -0.1) is 0 Å². The Bertz CT molecular complexity index is 1070. The van der Waals surface area contributed by atoms with Crippen LogP contribution in [0.5, 0.6) is 5.75 Å². The number of aromatic nitrogens is 1. The summed E-state index contributed by atoms with van der Waals surface area (Å²) < 4.78 is 6.40. The van der Waals surface area contributed by atoms with Gasteiger partial charge in [-0.2, -0.15) is 0 Å². The minimum atomic E-state index is -0.538. The molecule has 8 nitrogen and oxygen atoms in total. The molecule has 0 saturated carbocycles. The first-order valence-electron chi connectivity index (χ1n) is 8.36. The standard InChI is InChI=1S/C20H17N3O5/c1-28-17-9-7-15(8-10-17)21-19(24)18-6-3-11-22(20(18)25)13-14-4-2-5-16(12-14)23(26)27/h2-12H,13H2,1H3,(H,21,24). The molecule has 1 amide bonds. The predicted octanol–water partition coefficient (Wildman–Crippen LogP) is 3.07. The summed E-state index contributed by atoms with van der Waals surface area (Å²) >= 11 is 0. The fourth-order valence-electron chi connectivity index (χ4n) is 2.67. The van der Waals surface area contributed by atoms with E-state index < -0.39 is 16.4 Å². The minimum absolute atomic E-state index is 0.0243. The van der Waals surface area contributed by atoms with Gasteiger partial charge in [-0.25, -0.2) is 0 Å². The molecule has 2 aromatic carbocycles. The maximum Gasteiger partial charge on any atom is 0.269 e. The lowest BCUT2D eigenvalue weighted by Gasteiger charge is -2.09. The average molecular weight is 379 g/mol. The molecule has 1 aromatic heterocycles. The number of hydrogen-bond acceptors (Lipinski definition) is 5. The molecule has 1 heterocycles. The van der Waals surface area contributed by atoms with Crippen molar-refractivity contribution >= 4 is 17.3 Å². The van der Waals surface area contributed by atoms with Crippen LogP contribution in [0.2, 0.25) is 0 Å². The summed E-state index contributed by atoms with van der Waals surface area (Å²) in [5.41, 5.74) is 0.547. The van der Waals surface area contributed by atoms with Crippen LogP contribution in [0.1, 0.15) is 15.9 Å². The van der Waals surface area contributed by atoms with Gasteiger partial charge in [-0.1, -0.05) is 12.1 Å². The summed E-state index contributed by atoms with van der Waals surface area (Å²) in [4.78, 5) is 35.6. The molecule has 0 spiro atoms. The van der Waals surface area contributed by atoms with Crippen LogP contribution in [0.4, 0.5) is 11.4 Å². The Morgan fingerprint density at radius 1 is 1.14 bits per heavy atom. The number of nitrogens with zero attached hydrogens (tertiary/aromatic N) is 2. The van der Waals surface area contributed by atoms with Crippen molar-refractivity contribution in [2.24, 2.45) is 0 Å². The number of ether oxygens (including phenoxy) is 1. The van der Waals surface area contributed by atoms with Crippen molar-refractivity contribution in [3.63, 3.8) is 0 Å². The van der Waals surface area contributed by atoms with E-state index in [0.717, 1.165) is 0 Å². The van der Waals surface area contributed by atoms with Gasteiger partial charge in [0, 0.05) is 24.0 Å². The molecule has 3 rings (SSSR count). The fourth-order valence-corrected chi connectivity index (χ4v) is 2.67. The molecule has 0 bridgehead atoms. The fraction of sp³-hybridized carbons (Fsp3) is 0.100. The van der Waals surface area contributed by atoms with Gasteiger partial charge in [-0.05, 0) is 42.0 Å². The zero-order chi connectivity index (χ0) is 20.1. The Labute approximate surface area is 160 Å². The number of nitro groups is 1. The Balaban J connectivity index is 1.82. The number of anilines is 1. The third-order valence-corrected chi connectivity index (χ3v) is 4.09. The van der Waals surface area contributed by atoms with E-state index >= 15 is 0 Å². The first-order valence-corrected chi connectivity index (χ1v) is 8.36. The number of hydrogen-bond donors (Lipinski definition) is 1. The number of carbonyl (C=O) groups excluding carboxylic acids is 1. The number of nitro benzene ring substituents is 1. The monoisotopic (exact) mass is 379 g/mol. The zero-order valence-corrected chi connectivity index (χ0v) is 15.0. The molecular formula is C20H17N3O5. The molecule has 0 unspecified atom stereocenters. The van der Waals surface area contributed by atoms with Crippen LogP contribution in [-0.4, -0.2) is 22.5 Å².